The van der Waals surface area contributed by atoms with Gasteiger partial charge in [-0.25, -0.2) is 4.68 Å². The molecule has 0 unspecified atom stereocenters. The Labute approximate surface area is 199 Å². The summed E-state index contributed by atoms with van der Waals surface area (Å²) >= 11 is 0. The highest BCUT2D eigenvalue weighted by atomic mass is 16.5. The van der Waals surface area contributed by atoms with E-state index in [0.29, 0.717) is 24.0 Å². The fourth-order valence-electron chi connectivity index (χ4n) is 4.70. The molecule has 4 heterocycles. The van der Waals surface area contributed by atoms with Crippen LogP contribution in [0, 0.1) is 27.7 Å². The Balaban J connectivity index is 1.22. The first kappa shape index (κ1) is 22.5. The Hall–Kier alpha value is -3.30. The van der Waals surface area contributed by atoms with E-state index in [1.165, 1.54) is 11.3 Å². The average Bonchev–Trinajstić information content (AvgIpc) is 3.44. The number of rotatable bonds is 6. The second-order valence-corrected chi connectivity index (χ2v) is 9.02. The standard InChI is InChI=1S/C25H31N7O2/c1-17-22(19(3)32(27-17)21-9-6-5-7-10-21)15-30-11-8-12-31(14-13-30)16-23-26-25(34-29-23)24-18(2)28-33-20(24)4/h5-7,9-10H,8,11-16H2,1-4H3. The van der Waals surface area contributed by atoms with Gasteiger partial charge >= 0.3 is 0 Å². The highest BCUT2D eigenvalue weighted by Crippen LogP contribution is 2.25. The number of benzene rings is 1. The van der Waals surface area contributed by atoms with Crippen LogP contribution in [0.2, 0.25) is 0 Å². The Morgan fingerprint density at radius 3 is 2.26 bits per heavy atom. The van der Waals surface area contributed by atoms with Gasteiger partial charge in [0.25, 0.3) is 5.89 Å². The lowest BCUT2D eigenvalue weighted by atomic mass is 10.1. The molecule has 1 aliphatic rings. The minimum absolute atomic E-state index is 0.476. The van der Waals surface area contributed by atoms with E-state index in [1.807, 2.05) is 19.9 Å². The van der Waals surface area contributed by atoms with Gasteiger partial charge in [-0.15, -0.1) is 0 Å². The summed E-state index contributed by atoms with van der Waals surface area (Å²) in [5, 5.41) is 13.0. The molecule has 3 aromatic heterocycles. The zero-order valence-corrected chi connectivity index (χ0v) is 20.3. The fraction of sp³-hybridized carbons (Fsp3) is 0.440. The minimum Gasteiger partial charge on any atom is -0.361 e. The molecular formula is C25H31N7O2. The van der Waals surface area contributed by atoms with Crippen LogP contribution < -0.4 is 0 Å². The normalized spacial score (nSPS) is 15.6. The van der Waals surface area contributed by atoms with Crippen LogP contribution in [0.3, 0.4) is 0 Å². The van der Waals surface area contributed by atoms with Crippen molar-refractivity contribution in [3.63, 3.8) is 0 Å². The van der Waals surface area contributed by atoms with Crippen LogP contribution in [0.5, 0.6) is 0 Å². The molecule has 0 spiro atoms. The quantitative estimate of drug-likeness (QED) is 0.428. The number of hydrogen-bond donors (Lipinski definition) is 0. The van der Waals surface area contributed by atoms with Gasteiger partial charge in [-0.05, 0) is 59.3 Å². The summed E-state index contributed by atoms with van der Waals surface area (Å²) < 4.78 is 12.8. The second kappa shape index (κ2) is 9.52. The monoisotopic (exact) mass is 461 g/mol. The third-order valence-corrected chi connectivity index (χ3v) is 6.59. The first-order chi connectivity index (χ1) is 16.5. The maximum absolute atomic E-state index is 5.50. The van der Waals surface area contributed by atoms with Crippen LogP contribution in [-0.2, 0) is 13.1 Å². The molecule has 178 valence electrons. The fourth-order valence-corrected chi connectivity index (χ4v) is 4.70. The summed E-state index contributed by atoms with van der Waals surface area (Å²) in [5.74, 6) is 1.86. The lowest BCUT2D eigenvalue weighted by Crippen LogP contribution is -2.30. The molecule has 9 heteroatoms. The van der Waals surface area contributed by atoms with E-state index in [-0.39, 0.29) is 0 Å². The Morgan fingerprint density at radius 1 is 0.824 bits per heavy atom. The van der Waals surface area contributed by atoms with Gasteiger partial charge in [0.15, 0.2) is 5.82 Å². The van der Waals surface area contributed by atoms with Crippen molar-refractivity contribution in [2.75, 3.05) is 26.2 Å². The van der Waals surface area contributed by atoms with Crippen LogP contribution in [0.15, 0.2) is 39.4 Å². The number of aromatic nitrogens is 5. The summed E-state index contributed by atoms with van der Waals surface area (Å²) in [6.07, 6.45) is 1.10. The molecule has 0 aliphatic carbocycles. The highest BCUT2D eigenvalue weighted by Gasteiger charge is 2.22. The van der Waals surface area contributed by atoms with Crippen molar-refractivity contribution in [2.45, 2.75) is 47.2 Å². The van der Waals surface area contributed by atoms with E-state index in [9.17, 15) is 0 Å². The van der Waals surface area contributed by atoms with Gasteiger partial charge < -0.3 is 9.05 Å². The van der Waals surface area contributed by atoms with Crippen molar-refractivity contribution in [3.05, 3.63) is 64.6 Å². The van der Waals surface area contributed by atoms with Crippen LogP contribution in [0.1, 0.15) is 40.7 Å². The average molecular weight is 462 g/mol. The predicted molar refractivity (Wildman–Crippen MR) is 127 cm³/mol. The smallest absolute Gasteiger partial charge is 0.263 e. The van der Waals surface area contributed by atoms with Crippen molar-refractivity contribution in [1.29, 1.82) is 0 Å². The largest absolute Gasteiger partial charge is 0.361 e. The Morgan fingerprint density at radius 2 is 1.56 bits per heavy atom. The van der Waals surface area contributed by atoms with Gasteiger partial charge in [-0.2, -0.15) is 10.1 Å². The van der Waals surface area contributed by atoms with E-state index in [1.54, 1.807) is 0 Å². The Kier molecular flexibility index (Phi) is 6.30. The number of hydrogen-bond acceptors (Lipinski definition) is 8. The molecule has 34 heavy (non-hydrogen) atoms. The summed E-state index contributed by atoms with van der Waals surface area (Å²) in [6.45, 7) is 13.6. The summed E-state index contributed by atoms with van der Waals surface area (Å²) in [7, 11) is 0. The maximum atomic E-state index is 5.50. The van der Waals surface area contributed by atoms with E-state index in [2.05, 4.69) is 67.9 Å². The van der Waals surface area contributed by atoms with Crippen LogP contribution in [0.25, 0.3) is 17.1 Å². The molecule has 0 radical (unpaired) electrons. The molecule has 4 aromatic rings. The number of nitrogens with zero attached hydrogens (tertiary/aromatic N) is 7. The molecule has 0 amide bonds. The minimum atomic E-state index is 0.476. The molecule has 1 saturated heterocycles. The van der Waals surface area contributed by atoms with E-state index in [4.69, 9.17) is 14.1 Å². The zero-order chi connectivity index (χ0) is 23.7. The Bertz CT molecular complexity index is 1240. The van der Waals surface area contributed by atoms with Crippen molar-refractivity contribution < 1.29 is 9.05 Å². The maximum Gasteiger partial charge on any atom is 0.263 e. The van der Waals surface area contributed by atoms with Crippen molar-refractivity contribution in [1.82, 2.24) is 34.9 Å². The van der Waals surface area contributed by atoms with Crippen molar-refractivity contribution in [2.24, 2.45) is 0 Å². The summed E-state index contributed by atoms with van der Waals surface area (Å²) in [6, 6.07) is 10.3. The van der Waals surface area contributed by atoms with Gasteiger partial charge in [0.2, 0.25) is 0 Å². The van der Waals surface area contributed by atoms with Gasteiger partial charge in [0, 0.05) is 30.9 Å². The van der Waals surface area contributed by atoms with Gasteiger partial charge in [-0.1, -0.05) is 28.5 Å². The van der Waals surface area contributed by atoms with E-state index >= 15 is 0 Å². The summed E-state index contributed by atoms with van der Waals surface area (Å²) in [5.41, 5.74) is 6.29. The van der Waals surface area contributed by atoms with Crippen molar-refractivity contribution in [3.8, 4) is 17.1 Å². The lowest BCUT2D eigenvalue weighted by molar-refractivity contribution is 0.241. The molecule has 1 aromatic carbocycles. The predicted octanol–water partition coefficient (Wildman–Crippen LogP) is 3.85. The molecule has 0 atom stereocenters. The molecule has 1 fully saturated rings. The number of aryl methyl sites for hydroxylation is 3. The molecule has 0 bridgehead atoms. The van der Waals surface area contributed by atoms with Crippen LogP contribution >= 0.6 is 0 Å². The van der Waals surface area contributed by atoms with Gasteiger partial charge in [0.05, 0.1) is 23.6 Å². The third kappa shape index (κ3) is 4.53. The van der Waals surface area contributed by atoms with Gasteiger partial charge in [0.1, 0.15) is 11.3 Å². The van der Waals surface area contributed by atoms with Crippen LogP contribution in [-0.4, -0.2) is 61.1 Å². The molecular weight excluding hydrogens is 430 g/mol. The molecule has 0 N–H and O–H groups in total. The van der Waals surface area contributed by atoms with E-state index < -0.39 is 0 Å². The summed E-state index contributed by atoms with van der Waals surface area (Å²) in [4.78, 5) is 9.52. The van der Waals surface area contributed by atoms with Crippen LogP contribution in [0.4, 0.5) is 0 Å². The lowest BCUT2D eigenvalue weighted by Gasteiger charge is -2.21. The second-order valence-electron chi connectivity index (χ2n) is 9.02. The highest BCUT2D eigenvalue weighted by molar-refractivity contribution is 5.57. The molecule has 1 aliphatic heterocycles. The first-order valence-electron chi connectivity index (χ1n) is 11.8. The first-order valence-corrected chi connectivity index (χ1v) is 11.8. The zero-order valence-electron chi connectivity index (χ0n) is 20.3. The number of para-hydroxylation sites is 1. The van der Waals surface area contributed by atoms with Crippen molar-refractivity contribution >= 4 is 0 Å². The van der Waals surface area contributed by atoms with Gasteiger partial charge in [-0.3, -0.25) is 9.80 Å². The molecule has 5 rings (SSSR count). The molecule has 9 nitrogen and oxygen atoms in total. The molecule has 0 saturated carbocycles. The van der Waals surface area contributed by atoms with E-state index in [0.717, 1.165) is 61.8 Å². The third-order valence-electron chi connectivity index (χ3n) is 6.59. The topological polar surface area (TPSA) is 89.3 Å². The SMILES string of the molecule is Cc1nn(-c2ccccc2)c(C)c1CN1CCCN(Cc2noc(-c3c(C)noc3C)n2)CC1.